The van der Waals surface area contributed by atoms with E-state index in [1.807, 2.05) is 11.8 Å². The van der Waals surface area contributed by atoms with Crippen molar-refractivity contribution in [3.63, 3.8) is 0 Å². The summed E-state index contributed by atoms with van der Waals surface area (Å²) in [5.74, 6) is 0.272. The second kappa shape index (κ2) is 19.7. The molecule has 5 amide bonds. The molecular weight excluding hydrogens is 668 g/mol. The maximum atomic E-state index is 12.4. The van der Waals surface area contributed by atoms with Crippen LogP contribution in [0, 0.1) is 0 Å². The molecule has 0 radical (unpaired) electrons. The Kier molecular flexibility index (Phi) is 15.4. The molecule has 9 N–H and O–H groups in total. The number of aliphatic hydroxyl groups excluding tert-OH is 2. The number of nitrogens with one attached hydrogen (secondary N) is 5. The first-order valence-corrected chi connectivity index (χ1v) is 18.7. The molecule has 16 nitrogen and oxygen atoms in total. The average molecular weight is 721 g/mol. The van der Waals surface area contributed by atoms with Gasteiger partial charge in [-0.05, 0) is 32.1 Å². The normalized spacial score (nSPS) is 25.7. The molecule has 0 spiro atoms. The molecular formula is C33H52N8O8S. The number of carbonyl (C=O) groups excluding carboxylic acids is 4. The van der Waals surface area contributed by atoms with Gasteiger partial charge < -0.3 is 47.3 Å². The Morgan fingerprint density at radius 1 is 0.980 bits per heavy atom. The maximum absolute atomic E-state index is 12.4. The molecule has 278 valence electrons. The number of urea groups is 1. The molecule has 50 heavy (non-hydrogen) atoms. The summed E-state index contributed by atoms with van der Waals surface area (Å²) in [4.78, 5) is 64.2. The van der Waals surface area contributed by atoms with Crippen LogP contribution in [0.3, 0.4) is 0 Å². The lowest BCUT2D eigenvalue weighted by molar-refractivity contribution is -0.122. The van der Waals surface area contributed by atoms with Crippen molar-refractivity contribution in [2.24, 2.45) is 0 Å². The molecule has 7 atom stereocenters. The molecule has 3 fully saturated rings. The van der Waals surface area contributed by atoms with Crippen LogP contribution in [0.5, 0.6) is 0 Å². The molecule has 4 rings (SSSR count). The van der Waals surface area contributed by atoms with Crippen molar-refractivity contribution in [3.8, 4) is 0 Å². The van der Waals surface area contributed by atoms with Crippen molar-refractivity contribution in [2.75, 3.05) is 31.1 Å². The Hall–Kier alpha value is -3.67. The van der Waals surface area contributed by atoms with Gasteiger partial charge in [0.1, 0.15) is 18.3 Å². The van der Waals surface area contributed by atoms with Gasteiger partial charge in [-0.3, -0.25) is 23.7 Å². The van der Waals surface area contributed by atoms with Crippen LogP contribution in [-0.4, -0.2) is 105 Å². The number of thioether (sulfide) groups is 1. The fourth-order valence-electron chi connectivity index (χ4n) is 6.37. The van der Waals surface area contributed by atoms with Gasteiger partial charge in [0.05, 0.1) is 23.8 Å². The smallest absolute Gasteiger partial charge is 0.315 e. The Labute approximate surface area is 296 Å². The van der Waals surface area contributed by atoms with E-state index in [0.717, 1.165) is 50.7 Å². The number of aromatic nitrogens is 2. The number of hydrogen-bond acceptors (Lipinski definition) is 11. The summed E-state index contributed by atoms with van der Waals surface area (Å²) in [7, 11) is 0. The molecule has 0 aliphatic carbocycles. The number of nitrogens with two attached hydrogens (primary N) is 1. The number of hydrogen-bond donors (Lipinski definition) is 8. The van der Waals surface area contributed by atoms with E-state index >= 15 is 0 Å². The van der Waals surface area contributed by atoms with Crippen molar-refractivity contribution >= 4 is 47.7 Å². The third-order valence-corrected chi connectivity index (χ3v) is 10.7. The lowest BCUT2D eigenvalue weighted by atomic mass is 10.0. The van der Waals surface area contributed by atoms with Gasteiger partial charge in [0.25, 0.3) is 5.56 Å². The highest BCUT2D eigenvalue weighted by molar-refractivity contribution is 8.00. The summed E-state index contributed by atoms with van der Waals surface area (Å²) in [5, 5.41) is 35.3. The van der Waals surface area contributed by atoms with Gasteiger partial charge in [0.15, 0.2) is 0 Å². The average Bonchev–Trinajstić information content (AvgIpc) is 3.73. The summed E-state index contributed by atoms with van der Waals surface area (Å²) >= 11 is 1.93. The molecule has 3 aliphatic rings. The van der Waals surface area contributed by atoms with E-state index in [4.69, 9.17) is 10.5 Å². The van der Waals surface area contributed by atoms with Crippen LogP contribution < -0.4 is 37.9 Å². The van der Waals surface area contributed by atoms with Crippen LogP contribution in [0.1, 0.15) is 89.2 Å². The van der Waals surface area contributed by atoms with Gasteiger partial charge in [-0.1, -0.05) is 32.6 Å². The predicted octanol–water partition coefficient (Wildman–Crippen LogP) is 0.283. The van der Waals surface area contributed by atoms with Gasteiger partial charge in [0, 0.05) is 62.0 Å². The van der Waals surface area contributed by atoms with Gasteiger partial charge in [-0.2, -0.15) is 16.7 Å². The Morgan fingerprint density at radius 3 is 2.38 bits per heavy atom. The third-order valence-electron chi connectivity index (χ3n) is 9.19. The second-order valence-corrected chi connectivity index (χ2v) is 14.2. The number of nitrogens with zero attached hydrogens (tertiary/aromatic N) is 2. The zero-order chi connectivity index (χ0) is 36.0. The van der Waals surface area contributed by atoms with Crippen molar-refractivity contribution in [3.05, 3.63) is 28.2 Å². The van der Waals surface area contributed by atoms with Crippen LogP contribution in [0.15, 0.2) is 17.1 Å². The molecule has 0 aromatic carbocycles. The largest absolute Gasteiger partial charge is 0.388 e. The molecule has 3 saturated heterocycles. The Balaban J connectivity index is 0.984. The number of ether oxygens (including phenoxy) is 1. The first-order valence-electron chi connectivity index (χ1n) is 17.7. The van der Waals surface area contributed by atoms with E-state index in [2.05, 4.69) is 31.6 Å². The van der Waals surface area contributed by atoms with Gasteiger partial charge in [-0.25, -0.2) is 4.79 Å². The minimum absolute atomic E-state index is 0.00492. The zero-order valence-electron chi connectivity index (χ0n) is 28.6. The molecule has 3 aliphatic heterocycles. The zero-order valence-corrected chi connectivity index (χ0v) is 29.4. The van der Waals surface area contributed by atoms with Crippen LogP contribution in [-0.2, 0) is 19.1 Å². The number of rotatable bonds is 20. The third kappa shape index (κ3) is 11.4. The number of carbonyl (C=O) groups is 4. The summed E-state index contributed by atoms with van der Waals surface area (Å²) in [6, 6.07) is 0.456. The minimum Gasteiger partial charge on any atom is -0.388 e. The second-order valence-electron chi connectivity index (χ2n) is 12.9. The number of anilines is 1. The topological polar surface area (TPSA) is 239 Å². The van der Waals surface area contributed by atoms with E-state index in [1.165, 1.54) is 23.0 Å². The van der Waals surface area contributed by atoms with Gasteiger partial charge >= 0.3 is 6.03 Å². The Morgan fingerprint density at radius 2 is 1.66 bits per heavy atom. The predicted molar refractivity (Wildman–Crippen MR) is 189 cm³/mol. The van der Waals surface area contributed by atoms with Crippen LogP contribution in [0.25, 0.3) is 6.20 Å². The van der Waals surface area contributed by atoms with Crippen LogP contribution in [0.2, 0.25) is 0 Å². The monoisotopic (exact) mass is 720 g/mol. The molecule has 1 aromatic heterocycles. The minimum atomic E-state index is -1.31. The summed E-state index contributed by atoms with van der Waals surface area (Å²) in [6.45, 7) is 2.81. The summed E-state index contributed by atoms with van der Waals surface area (Å²) in [5.41, 5.74) is 5.13. The standard InChI is InChI=1S/C33H52N8O8S/c1-2-22-28(45)29(46)30(49-22)20-18-41(32(34)40-31(20)47)17-13-26(44)37-16-15-36-25(43)12-8-5-9-14-35-24(42)11-7-4-3-6-10-23-27-21(19-50-23)38-33(48)39-27/h13,17-18,21-23,27-30,45-46H,2-12,14-16,19H2,1H3,(H,35,42)(H,36,43)(H,37,44)(H2,34,40,47)(H2,38,39,48)/b17-13+. The SMILES string of the molecule is CCC1OC(c2cn(/C=C/C(=O)NCCNC(=O)CCCCCNC(=O)CCCCCCC3SCC4NC(=O)NC43)c(N)nc2=O)C(O)C1O. The van der Waals surface area contributed by atoms with Crippen LogP contribution in [0.4, 0.5) is 10.7 Å². The fraction of sp³-hybridized carbons (Fsp3) is 0.697. The quantitative estimate of drug-likeness (QED) is 0.0517. The van der Waals surface area contributed by atoms with Crippen molar-refractivity contribution in [1.29, 1.82) is 0 Å². The highest BCUT2D eigenvalue weighted by Gasteiger charge is 2.44. The number of amides is 5. The van der Waals surface area contributed by atoms with E-state index in [-0.39, 0.29) is 54.5 Å². The van der Waals surface area contributed by atoms with E-state index < -0.39 is 35.9 Å². The number of aliphatic hydroxyl groups is 2. The van der Waals surface area contributed by atoms with Crippen LogP contribution >= 0.6 is 11.8 Å². The highest BCUT2D eigenvalue weighted by Crippen LogP contribution is 2.34. The van der Waals surface area contributed by atoms with Crippen molar-refractivity contribution in [2.45, 2.75) is 119 Å². The molecule has 0 saturated carbocycles. The first kappa shape index (κ1) is 39.1. The molecule has 1 aromatic rings. The highest BCUT2D eigenvalue weighted by atomic mass is 32.2. The lowest BCUT2D eigenvalue weighted by Gasteiger charge is -2.16. The summed E-state index contributed by atoms with van der Waals surface area (Å²) < 4.78 is 6.89. The van der Waals surface area contributed by atoms with Gasteiger partial charge in [0.2, 0.25) is 23.7 Å². The first-order chi connectivity index (χ1) is 24.1. The molecule has 17 heteroatoms. The number of nitrogen functional groups attached to an aromatic ring is 1. The fourth-order valence-corrected chi connectivity index (χ4v) is 7.91. The maximum Gasteiger partial charge on any atom is 0.315 e. The van der Waals surface area contributed by atoms with Gasteiger partial charge in [-0.15, -0.1) is 0 Å². The summed E-state index contributed by atoms with van der Waals surface area (Å²) in [6.07, 6.45) is 8.39. The Bertz CT molecular complexity index is 1410. The van der Waals surface area contributed by atoms with Crippen molar-refractivity contribution in [1.82, 2.24) is 36.1 Å². The van der Waals surface area contributed by atoms with E-state index in [9.17, 15) is 34.2 Å². The lowest BCUT2D eigenvalue weighted by Crippen LogP contribution is -2.36. The number of fused-ring (bicyclic) bond motifs is 1. The molecule has 0 bridgehead atoms. The number of unbranched alkanes of at least 4 members (excludes halogenated alkanes) is 5. The van der Waals surface area contributed by atoms with Crippen molar-refractivity contribution < 1.29 is 34.1 Å². The van der Waals surface area contributed by atoms with E-state index in [0.29, 0.717) is 37.5 Å². The molecule has 4 heterocycles. The van der Waals surface area contributed by atoms with E-state index in [1.54, 1.807) is 6.92 Å². The molecule has 7 unspecified atom stereocenters.